The van der Waals surface area contributed by atoms with Crippen molar-refractivity contribution in [3.63, 3.8) is 0 Å². The first kappa shape index (κ1) is 12.6. The van der Waals surface area contributed by atoms with Gasteiger partial charge in [-0.1, -0.05) is 13.8 Å². The van der Waals surface area contributed by atoms with E-state index in [0.29, 0.717) is 6.04 Å². The van der Waals surface area contributed by atoms with Gasteiger partial charge in [0.25, 0.3) is 0 Å². The second kappa shape index (κ2) is 6.20. The van der Waals surface area contributed by atoms with E-state index in [1.807, 2.05) is 0 Å². The molecule has 0 fully saturated rings. The Kier molecular flexibility index (Phi) is 5.22. The Bertz CT molecular complexity index is 294. The Balaban J connectivity index is 2.17. The molecule has 0 unspecified atom stereocenters. The molecular formula is C11H21N3S. The van der Waals surface area contributed by atoms with Crippen LogP contribution in [0.25, 0.3) is 0 Å². The minimum atomic E-state index is 0.569. The van der Waals surface area contributed by atoms with Crippen LogP contribution >= 0.6 is 11.3 Å². The standard InChI is InChI=1S/C11H21N3S/c1-8(2)13-6-5-12-7-11-9(3)14-10(4)15-11/h8,12-13H,5-7H2,1-4H3. The van der Waals surface area contributed by atoms with Crippen LogP contribution in [0.1, 0.15) is 29.4 Å². The fourth-order valence-corrected chi connectivity index (χ4v) is 2.30. The Morgan fingerprint density at radius 3 is 2.53 bits per heavy atom. The SMILES string of the molecule is Cc1nc(C)c(CNCCNC(C)C)s1. The maximum atomic E-state index is 4.40. The lowest BCUT2D eigenvalue weighted by Crippen LogP contribution is -2.31. The first-order valence-corrected chi connectivity index (χ1v) is 6.28. The van der Waals surface area contributed by atoms with Crippen LogP contribution in [0.3, 0.4) is 0 Å². The molecule has 0 amide bonds. The predicted octanol–water partition coefficient (Wildman–Crippen LogP) is 1.85. The summed E-state index contributed by atoms with van der Waals surface area (Å²) in [5.41, 5.74) is 1.17. The van der Waals surface area contributed by atoms with Gasteiger partial charge >= 0.3 is 0 Å². The van der Waals surface area contributed by atoms with Crippen LogP contribution in [0.2, 0.25) is 0 Å². The smallest absolute Gasteiger partial charge is 0.0900 e. The topological polar surface area (TPSA) is 37.0 Å². The van der Waals surface area contributed by atoms with Gasteiger partial charge in [-0.25, -0.2) is 4.98 Å². The third-order valence-electron chi connectivity index (χ3n) is 2.14. The third kappa shape index (κ3) is 4.73. The van der Waals surface area contributed by atoms with Crippen molar-refractivity contribution >= 4 is 11.3 Å². The van der Waals surface area contributed by atoms with E-state index in [1.54, 1.807) is 11.3 Å². The fraction of sp³-hybridized carbons (Fsp3) is 0.727. The van der Waals surface area contributed by atoms with Crippen molar-refractivity contribution in [1.29, 1.82) is 0 Å². The van der Waals surface area contributed by atoms with Crippen molar-refractivity contribution < 1.29 is 0 Å². The van der Waals surface area contributed by atoms with Crippen LogP contribution in [-0.4, -0.2) is 24.1 Å². The average Bonchev–Trinajstić information content (AvgIpc) is 2.44. The summed E-state index contributed by atoms with van der Waals surface area (Å²) in [5, 5.41) is 7.95. The van der Waals surface area contributed by atoms with Crippen molar-refractivity contribution in [1.82, 2.24) is 15.6 Å². The van der Waals surface area contributed by atoms with Gasteiger partial charge in [-0.15, -0.1) is 11.3 Å². The lowest BCUT2D eigenvalue weighted by molar-refractivity contribution is 0.556. The van der Waals surface area contributed by atoms with E-state index in [9.17, 15) is 0 Å². The normalized spacial score (nSPS) is 11.3. The fourth-order valence-electron chi connectivity index (χ4n) is 1.39. The largest absolute Gasteiger partial charge is 0.313 e. The van der Waals surface area contributed by atoms with Crippen LogP contribution in [0.5, 0.6) is 0 Å². The molecular weight excluding hydrogens is 206 g/mol. The monoisotopic (exact) mass is 227 g/mol. The second-order valence-electron chi connectivity index (χ2n) is 4.03. The lowest BCUT2D eigenvalue weighted by atomic mass is 10.4. The van der Waals surface area contributed by atoms with E-state index >= 15 is 0 Å². The van der Waals surface area contributed by atoms with Crippen LogP contribution in [-0.2, 0) is 6.54 Å². The Morgan fingerprint density at radius 2 is 2.00 bits per heavy atom. The summed E-state index contributed by atoms with van der Waals surface area (Å²) in [7, 11) is 0. The number of aromatic nitrogens is 1. The molecule has 3 nitrogen and oxygen atoms in total. The highest BCUT2D eigenvalue weighted by atomic mass is 32.1. The van der Waals surface area contributed by atoms with Gasteiger partial charge in [0.15, 0.2) is 0 Å². The van der Waals surface area contributed by atoms with Crippen LogP contribution in [0.15, 0.2) is 0 Å². The highest BCUT2D eigenvalue weighted by molar-refractivity contribution is 7.11. The van der Waals surface area contributed by atoms with Gasteiger partial charge in [-0.3, -0.25) is 0 Å². The van der Waals surface area contributed by atoms with E-state index < -0.39 is 0 Å². The molecule has 4 heteroatoms. The maximum absolute atomic E-state index is 4.40. The molecule has 1 rings (SSSR count). The minimum absolute atomic E-state index is 0.569. The molecule has 0 atom stereocenters. The van der Waals surface area contributed by atoms with Gasteiger partial charge in [0.1, 0.15) is 0 Å². The summed E-state index contributed by atoms with van der Waals surface area (Å²) in [5.74, 6) is 0. The first-order chi connectivity index (χ1) is 7.09. The Morgan fingerprint density at radius 1 is 1.27 bits per heavy atom. The molecule has 0 saturated carbocycles. The zero-order valence-corrected chi connectivity index (χ0v) is 10.9. The Hall–Kier alpha value is -0.450. The molecule has 0 bridgehead atoms. The van der Waals surface area contributed by atoms with Crippen molar-refractivity contribution in [3.8, 4) is 0 Å². The summed E-state index contributed by atoms with van der Waals surface area (Å²) in [6.45, 7) is 11.4. The third-order valence-corrected chi connectivity index (χ3v) is 3.21. The van der Waals surface area contributed by atoms with E-state index in [-0.39, 0.29) is 0 Å². The van der Waals surface area contributed by atoms with Gasteiger partial charge in [0.2, 0.25) is 0 Å². The molecule has 0 saturated heterocycles. The van der Waals surface area contributed by atoms with Gasteiger partial charge in [-0.05, 0) is 13.8 Å². The highest BCUT2D eigenvalue weighted by Crippen LogP contribution is 2.16. The molecule has 0 aliphatic carbocycles. The number of rotatable bonds is 6. The van der Waals surface area contributed by atoms with Crippen LogP contribution in [0, 0.1) is 13.8 Å². The number of hydrogen-bond acceptors (Lipinski definition) is 4. The molecule has 86 valence electrons. The molecule has 0 radical (unpaired) electrons. The molecule has 0 aliphatic rings. The number of thiazole rings is 1. The zero-order chi connectivity index (χ0) is 11.3. The van der Waals surface area contributed by atoms with E-state index in [2.05, 4.69) is 43.3 Å². The molecule has 0 aromatic carbocycles. The molecule has 1 heterocycles. The van der Waals surface area contributed by atoms with Gasteiger partial charge in [0, 0.05) is 30.6 Å². The highest BCUT2D eigenvalue weighted by Gasteiger charge is 2.03. The van der Waals surface area contributed by atoms with Crippen molar-refractivity contribution in [2.45, 2.75) is 40.3 Å². The molecule has 1 aromatic heterocycles. The van der Waals surface area contributed by atoms with Crippen molar-refractivity contribution in [2.75, 3.05) is 13.1 Å². The molecule has 2 N–H and O–H groups in total. The van der Waals surface area contributed by atoms with Crippen molar-refractivity contribution in [3.05, 3.63) is 15.6 Å². The molecule has 15 heavy (non-hydrogen) atoms. The minimum Gasteiger partial charge on any atom is -0.313 e. The van der Waals surface area contributed by atoms with Gasteiger partial charge < -0.3 is 10.6 Å². The number of hydrogen-bond donors (Lipinski definition) is 2. The van der Waals surface area contributed by atoms with E-state index in [4.69, 9.17) is 0 Å². The summed E-state index contributed by atoms with van der Waals surface area (Å²) < 4.78 is 0. The summed E-state index contributed by atoms with van der Waals surface area (Å²) in [4.78, 5) is 5.76. The summed E-state index contributed by atoms with van der Waals surface area (Å²) in [6, 6.07) is 0.569. The Labute approximate surface area is 96.3 Å². The van der Waals surface area contributed by atoms with Crippen LogP contribution in [0.4, 0.5) is 0 Å². The van der Waals surface area contributed by atoms with E-state index in [0.717, 1.165) is 24.6 Å². The summed E-state index contributed by atoms with van der Waals surface area (Å²) >= 11 is 1.78. The quantitative estimate of drug-likeness (QED) is 0.728. The second-order valence-corrected chi connectivity index (χ2v) is 5.31. The molecule has 0 spiro atoms. The number of nitrogens with zero attached hydrogens (tertiary/aromatic N) is 1. The number of nitrogens with one attached hydrogen (secondary N) is 2. The van der Waals surface area contributed by atoms with Crippen LogP contribution < -0.4 is 10.6 Å². The van der Waals surface area contributed by atoms with Gasteiger partial charge in [-0.2, -0.15) is 0 Å². The first-order valence-electron chi connectivity index (χ1n) is 5.46. The summed E-state index contributed by atoms with van der Waals surface area (Å²) in [6.07, 6.45) is 0. The number of aryl methyl sites for hydroxylation is 2. The van der Waals surface area contributed by atoms with Crippen molar-refractivity contribution in [2.24, 2.45) is 0 Å². The maximum Gasteiger partial charge on any atom is 0.0900 e. The lowest BCUT2D eigenvalue weighted by Gasteiger charge is -2.08. The van der Waals surface area contributed by atoms with Gasteiger partial charge in [0.05, 0.1) is 10.7 Å². The zero-order valence-electron chi connectivity index (χ0n) is 10.1. The molecule has 0 aliphatic heterocycles. The average molecular weight is 227 g/mol. The predicted molar refractivity (Wildman–Crippen MR) is 66.4 cm³/mol. The van der Waals surface area contributed by atoms with E-state index in [1.165, 1.54) is 10.6 Å². The molecule has 1 aromatic rings.